The van der Waals surface area contributed by atoms with Gasteiger partial charge in [-0.1, -0.05) is 0 Å². The molecule has 3 amide bonds. The second kappa shape index (κ2) is 7.34. The highest BCUT2D eigenvalue weighted by atomic mass is 16.4. The van der Waals surface area contributed by atoms with Crippen LogP contribution in [-0.2, 0) is 19.2 Å². The Morgan fingerprint density at radius 1 is 0.789 bits per heavy atom. The van der Waals surface area contributed by atoms with Crippen LogP contribution in [0.5, 0.6) is 0 Å². The first-order chi connectivity index (χ1) is 8.65. The van der Waals surface area contributed by atoms with Gasteiger partial charge in [0.15, 0.2) is 0 Å². The molecule has 0 aromatic rings. The molecule has 0 unspecified atom stereocenters. The molecule has 0 rings (SSSR count). The van der Waals surface area contributed by atoms with Crippen LogP contribution in [0.15, 0.2) is 0 Å². The minimum Gasteiger partial charge on any atom is -0.480 e. The maximum Gasteiger partial charge on any atom is 0.325 e. The van der Waals surface area contributed by atoms with E-state index in [1.807, 2.05) is 0 Å². The molecule has 19 heavy (non-hydrogen) atoms. The SMILES string of the molecule is CC(=O)N[C@@H](C)C(=O)N[C@@H](C)C(=O)N[C@@H](C)C(=O)O. The maximum atomic E-state index is 11.6. The summed E-state index contributed by atoms with van der Waals surface area (Å²) in [6, 6.07) is -2.71. The highest BCUT2D eigenvalue weighted by molar-refractivity contribution is 5.92. The Balaban J connectivity index is 4.32. The van der Waals surface area contributed by atoms with Crippen molar-refractivity contribution in [3.05, 3.63) is 0 Å². The fourth-order valence-corrected chi connectivity index (χ4v) is 1.17. The molecule has 4 N–H and O–H groups in total. The van der Waals surface area contributed by atoms with E-state index in [0.717, 1.165) is 0 Å². The highest BCUT2D eigenvalue weighted by Crippen LogP contribution is 1.90. The van der Waals surface area contributed by atoms with Gasteiger partial charge in [0.2, 0.25) is 17.7 Å². The minimum absolute atomic E-state index is 0.362. The van der Waals surface area contributed by atoms with E-state index in [-0.39, 0.29) is 5.91 Å². The number of aliphatic carboxylic acids is 1. The first kappa shape index (κ1) is 16.9. The first-order valence-electron chi connectivity index (χ1n) is 5.75. The molecule has 0 aromatic heterocycles. The van der Waals surface area contributed by atoms with Gasteiger partial charge in [-0.25, -0.2) is 0 Å². The van der Waals surface area contributed by atoms with E-state index in [0.29, 0.717) is 0 Å². The maximum absolute atomic E-state index is 11.6. The molecule has 0 saturated heterocycles. The number of hydrogen-bond donors (Lipinski definition) is 4. The van der Waals surface area contributed by atoms with Crippen molar-refractivity contribution in [2.45, 2.75) is 45.8 Å². The Labute approximate surface area is 110 Å². The second-order valence-electron chi connectivity index (χ2n) is 4.22. The van der Waals surface area contributed by atoms with E-state index in [1.165, 1.54) is 27.7 Å². The molecule has 3 atom stereocenters. The van der Waals surface area contributed by atoms with Gasteiger partial charge in [0.1, 0.15) is 18.1 Å². The fourth-order valence-electron chi connectivity index (χ4n) is 1.17. The summed E-state index contributed by atoms with van der Waals surface area (Å²) >= 11 is 0. The quantitative estimate of drug-likeness (QED) is 0.474. The van der Waals surface area contributed by atoms with Gasteiger partial charge in [-0.05, 0) is 20.8 Å². The average Bonchev–Trinajstić information content (AvgIpc) is 2.27. The van der Waals surface area contributed by atoms with E-state index in [2.05, 4.69) is 16.0 Å². The summed E-state index contributed by atoms with van der Waals surface area (Å²) in [5.74, 6) is -2.67. The summed E-state index contributed by atoms with van der Waals surface area (Å²) in [5.41, 5.74) is 0. The van der Waals surface area contributed by atoms with Gasteiger partial charge in [0, 0.05) is 6.92 Å². The van der Waals surface area contributed by atoms with Crippen molar-refractivity contribution in [1.82, 2.24) is 16.0 Å². The highest BCUT2D eigenvalue weighted by Gasteiger charge is 2.22. The van der Waals surface area contributed by atoms with Crippen LogP contribution in [0.3, 0.4) is 0 Å². The van der Waals surface area contributed by atoms with Crippen molar-refractivity contribution in [3.8, 4) is 0 Å². The van der Waals surface area contributed by atoms with Crippen molar-refractivity contribution < 1.29 is 24.3 Å². The summed E-state index contributed by atoms with van der Waals surface area (Å²) < 4.78 is 0. The first-order valence-corrected chi connectivity index (χ1v) is 5.75. The number of rotatable bonds is 6. The van der Waals surface area contributed by atoms with Gasteiger partial charge >= 0.3 is 5.97 Å². The lowest BCUT2D eigenvalue weighted by Crippen LogP contribution is -2.53. The molecule has 8 nitrogen and oxygen atoms in total. The molecule has 0 spiro atoms. The summed E-state index contributed by atoms with van der Waals surface area (Å²) in [4.78, 5) is 44.5. The number of carbonyl (C=O) groups excluding carboxylic acids is 3. The molecule has 0 fully saturated rings. The Kier molecular flexibility index (Phi) is 6.53. The molecule has 0 aliphatic rings. The minimum atomic E-state index is -1.17. The molecule has 0 aliphatic carbocycles. The monoisotopic (exact) mass is 273 g/mol. The van der Waals surface area contributed by atoms with Gasteiger partial charge in [-0.2, -0.15) is 0 Å². The van der Waals surface area contributed by atoms with E-state index in [4.69, 9.17) is 5.11 Å². The molecular formula is C11H19N3O5. The zero-order valence-corrected chi connectivity index (χ0v) is 11.3. The van der Waals surface area contributed by atoms with Crippen LogP contribution in [0, 0.1) is 0 Å². The van der Waals surface area contributed by atoms with Gasteiger partial charge < -0.3 is 21.1 Å². The third-order valence-corrected chi connectivity index (χ3v) is 2.29. The molecule has 108 valence electrons. The standard InChI is InChI=1S/C11H19N3O5/c1-5(12-8(4)15)9(16)13-6(2)10(17)14-7(3)11(18)19/h5-7H,1-4H3,(H,12,15)(H,13,16)(H,14,17)(H,18,19)/t5-,6-,7-/m0/s1. The summed E-state index contributed by atoms with van der Waals surface area (Å²) in [6.07, 6.45) is 0. The second-order valence-corrected chi connectivity index (χ2v) is 4.22. The molecule has 0 aliphatic heterocycles. The smallest absolute Gasteiger partial charge is 0.325 e. The number of nitrogens with one attached hydrogen (secondary N) is 3. The number of carboxylic acids is 1. The third-order valence-electron chi connectivity index (χ3n) is 2.29. The Hall–Kier alpha value is -2.12. The molecule has 0 bridgehead atoms. The van der Waals surface area contributed by atoms with Gasteiger partial charge in [0.05, 0.1) is 0 Å². The lowest BCUT2D eigenvalue weighted by Gasteiger charge is -2.18. The molecule has 8 heteroatoms. The molecule has 0 aromatic carbocycles. The van der Waals surface area contributed by atoms with Crippen molar-refractivity contribution in [2.75, 3.05) is 0 Å². The predicted molar refractivity (Wildman–Crippen MR) is 66.1 cm³/mol. The van der Waals surface area contributed by atoms with Crippen LogP contribution in [0.1, 0.15) is 27.7 Å². The van der Waals surface area contributed by atoms with Crippen LogP contribution in [0.2, 0.25) is 0 Å². The van der Waals surface area contributed by atoms with Crippen molar-refractivity contribution in [2.24, 2.45) is 0 Å². The number of amides is 3. The van der Waals surface area contributed by atoms with Crippen LogP contribution in [0.25, 0.3) is 0 Å². The van der Waals surface area contributed by atoms with E-state index < -0.39 is 35.9 Å². The Morgan fingerprint density at radius 3 is 1.53 bits per heavy atom. The van der Waals surface area contributed by atoms with Crippen molar-refractivity contribution in [1.29, 1.82) is 0 Å². The van der Waals surface area contributed by atoms with Gasteiger partial charge in [-0.15, -0.1) is 0 Å². The summed E-state index contributed by atoms with van der Waals surface area (Å²) in [7, 11) is 0. The zero-order chi connectivity index (χ0) is 15.2. The predicted octanol–water partition coefficient (Wildman–Crippen LogP) is -1.39. The van der Waals surface area contributed by atoms with Gasteiger partial charge in [0.25, 0.3) is 0 Å². The number of hydrogen-bond acceptors (Lipinski definition) is 4. The average molecular weight is 273 g/mol. The zero-order valence-electron chi connectivity index (χ0n) is 11.3. The lowest BCUT2D eigenvalue weighted by atomic mass is 10.2. The van der Waals surface area contributed by atoms with E-state index in [9.17, 15) is 19.2 Å². The number of carbonyl (C=O) groups is 4. The van der Waals surface area contributed by atoms with Crippen LogP contribution in [-0.4, -0.2) is 46.9 Å². The topological polar surface area (TPSA) is 125 Å². The van der Waals surface area contributed by atoms with E-state index in [1.54, 1.807) is 0 Å². The largest absolute Gasteiger partial charge is 0.480 e. The van der Waals surface area contributed by atoms with Crippen molar-refractivity contribution in [3.63, 3.8) is 0 Å². The number of carboxylic acid groups (broad SMARTS) is 1. The molecular weight excluding hydrogens is 254 g/mol. The van der Waals surface area contributed by atoms with Crippen LogP contribution < -0.4 is 16.0 Å². The van der Waals surface area contributed by atoms with Crippen LogP contribution >= 0.6 is 0 Å². The fraction of sp³-hybridized carbons (Fsp3) is 0.636. The summed E-state index contributed by atoms with van der Waals surface area (Å²) in [6.45, 7) is 5.48. The Morgan fingerprint density at radius 2 is 1.16 bits per heavy atom. The van der Waals surface area contributed by atoms with Crippen LogP contribution in [0.4, 0.5) is 0 Å². The summed E-state index contributed by atoms with van der Waals surface area (Å²) in [5, 5.41) is 15.6. The lowest BCUT2D eigenvalue weighted by molar-refractivity contribution is -0.141. The van der Waals surface area contributed by atoms with Crippen molar-refractivity contribution >= 4 is 23.7 Å². The van der Waals surface area contributed by atoms with Gasteiger partial charge in [-0.3, -0.25) is 19.2 Å². The molecule has 0 heterocycles. The normalized spacial score (nSPS) is 14.7. The third kappa shape index (κ3) is 6.39. The van der Waals surface area contributed by atoms with E-state index >= 15 is 0 Å². The molecule has 0 saturated carbocycles. The Bertz CT molecular complexity index is 383. The molecule has 0 radical (unpaired) electrons.